The number of primary amides is 1. The zero-order chi connectivity index (χ0) is 24.5. The Morgan fingerprint density at radius 1 is 1.09 bits per heavy atom. The van der Waals surface area contributed by atoms with Crippen LogP contribution in [0.15, 0.2) is 87.6 Å². The third-order valence-corrected chi connectivity index (χ3v) is 6.70. The van der Waals surface area contributed by atoms with Crippen LogP contribution in [0.5, 0.6) is 0 Å². The van der Waals surface area contributed by atoms with Crippen molar-refractivity contribution in [3.63, 3.8) is 0 Å². The highest BCUT2D eigenvalue weighted by molar-refractivity contribution is 7.13. The maximum absolute atomic E-state index is 13.9. The van der Waals surface area contributed by atoms with Crippen LogP contribution in [0.3, 0.4) is 0 Å². The van der Waals surface area contributed by atoms with Crippen molar-refractivity contribution in [1.82, 2.24) is 4.98 Å². The summed E-state index contributed by atoms with van der Waals surface area (Å²) in [6, 6.07) is 20.3. The third-order valence-electron chi connectivity index (χ3n) is 5.91. The highest BCUT2D eigenvalue weighted by Gasteiger charge is 2.23. The molecule has 0 aliphatic rings. The van der Waals surface area contributed by atoms with E-state index in [0.717, 1.165) is 21.6 Å². The molecule has 7 heteroatoms. The van der Waals surface area contributed by atoms with E-state index in [1.54, 1.807) is 23.8 Å². The van der Waals surface area contributed by atoms with E-state index < -0.39 is 5.91 Å². The molecule has 1 amide bonds. The van der Waals surface area contributed by atoms with Crippen molar-refractivity contribution in [2.45, 2.75) is 19.9 Å². The van der Waals surface area contributed by atoms with Gasteiger partial charge in [-0.25, -0.2) is 0 Å². The molecule has 0 spiro atoms. The summed E-state index contributed by atoms with van der Waals surface area (Å²) < 4.78 is 6.55. The van der Waals surface area contributed by atoms with Gasteiger partial charge in [0.25, 0.3) is 5.91 Å². The maximum atomic E-state index is 13.9. The predicted octanol–water partition coefficient (Wildman–Crippen LogP) is 6.16. The fourth-order valence-electron chi connectivity index (χ4n) is 4.29. The second kappa shape index (κ2) is 9.19. The molecule has 5 aromatic rings. The molecule has 0 fully saturated rings. The number of rotatable bonds is 6. The maximum Gasteiger partial charge on any atom is 0.250 e. The number of anilines is 1. The van der Waals surface area contributed by atoms with Crippen molar-refractivity contribution < 1.29 is 9.21 Å². The fourth-order valence-corrected chi connectivity index (χ4v) is 4.95. The minimum absolute atomic E-state index is 0.107. The third kappa shape index (κ3) is 4.22. The van der Waals surface area contributed by atoms with Crippen LogP contribution < -0.4 is 16.5 Å². The molecule has 1 unspecified atom stereocenters. The number of nitrogens with two attached hydrogens (primary N) is 1. The summed E-state index contributed by atoms with van der Waals surface area (Å²) in [7, 11) is 0. The van der Waals surface area contributed by atoms with Crippen LogP contribution in [-0.4, -0.2) is 10.9 Å². The lowest BCUT2D eigenvalue weighted by molar-refractivity contribution is 0.100. The second-order valence-electron chi connectivity index (χ2n) is 8.37. The zero-order valence-corrected chi connectivity index (χ0v) is 20.1. The summed E-state index contributed by atoms with van der Waals surface area (Å²) >= 11 is 1.40. The van der Waals surface area contributed by atoms with E-state index in [4.69, 9.17) is 10.2 Å². The van der Waals surface area contributed by atoms with Gasteiger partial charge < -0.3 is 15.5 Å². The van der Waals surface area contributed by atoms with E-state index >= 15 is 0 Å². The first-order valence-corrected chi connectivity index (χ1v) is 12.0. The topological polar surface area (TPSA) is 98.2 Å². The van der Waals surface area contributed by atoms with Gasteiger partial charge in [-0.05, 0) is 37.6 Å². The number of aromatic nitrogens is 1. The molecule has 6 nitrogen and oxygen atoms in total. The van der Waals surface area contributed by atoms with Crippen LogP contribution in [-0.2, 0) is 0 Å². The van der Waals surface area contributed by atoms with Gasteiger partial charge in [0.05, 0.1) is 32.9 Å². The number of hydrogen-bond donors (Lipinski definition) is 2. The van der Waals surface area contributed by atoms with Crippen LogP contribution in [0.4, 0.5) is 5.69 Å². The van der Waals surface area contributed by atoms with Crippen LogP contribution in [0, 0.1) is 6.92 Å². The molecular formula is C28H23N3O3S. The standard InChI is InChI=1S/C28H23N3O3S/c1-16-12-20(17(2)31-22-11-7-6-10-19(22)28(29)33)27-21(13-16)25(32)24(23-14-30-15-35-23)26(34-27)18-8-4-3-5-9-18/h3-15,17,31H,1-2H3,(H2,29,33). The van der Waals surface area contributed by atoms with Gasteiger partial charge in [-0.1, -0.05) is 48.5 Å². The van der Waals surface area contributed by atoms with Crippen molar-refractivity contribution in [3.8, 4) is 21.8 Å². The number of benzene rings is 3. The minimum Gasteiger partial charge on any atom is -0.455 e. The number of nitrogens with zero attached hydrogens (tertiary/aromatic N) is 1. The molecule has 5 rings (SSSR count). The summed E-state index contributed by atoms with van der Waals surface area (Å²) in [5, 5.41) is 3.88. The van der Waals surface area contributed by atoms with Gasteiger partial charge in [-0.2, -0.15) is 0 Å². The van der Waals surface area contributed by atoms with Gasteiger partial charge >= 0.3 is 0 Å². The largest absolute Gasteiger partial charge is 0.455 e. The molecule has 174 valence electrons. The SMILES string of the molecule is Cc1cc(C(C)Nc2ccccc2C(N)=O)c2oc(-c3ccccc3)c(-c3cncs3)c(=O)c2c1. The molecule has 0 saturated carbocycles. The van der Waals surface area contributed by atoms with Crippen molar-refractivity contribution in [3.05, 3.63) is 105 Å². The van der Waals surface area contributed by atoms with Gasteiger partial charge in [-0.15, -0.1) is 11.3 Å². The first-order chi connectivity index (χ1) is 16.9. The summed E-state index contributed by atoms with van der Waals surface area (Å²) in [4.78, 5) is 30.7. The van der Waals surface area contributed by atoms with Gasteiger partial charge in [0, 0.05) is 23.0 Å². The van der Waals surface area contributed by atoms with E-state index in [-0.39, 0.29) is 11.5 Å². The normalized spacial score (nSPS) is 11.9. The number of hydrogen-bond acceptors (Lipinski definition) is 6. The Balaban J connectivity index is 1.74. The van der Waals surface area contributed by atoms with Crippen molar-refractivity contribution in [2.24, 2.45) is 5.73 Å². The van der Waals surface area contributed by atoms with Crippen molar-refractivity contribution in [1.29, 1.82) is 0 Å². The number of carbonyl (C=O) groups is 1. The van der Waals surface area contributed by atoms with E-state index in [1.165, 1.54) is 11.3 Å². The molecule has 2 aromatic heterocycles. The Morgan fingerprint density at radius 2 is 1.83 bits per heavy atom. The summed E-state index contributed by atoms with van der Waals surface area (Å²) in [5.74, 6) is -0.0105. The van der Waals surface area contributed by atoms with Crippen molar-refractivity contribution >= 4 is 33.9 Å². The zero-order valence-electron chi connectivity index (χ0n) is 19.2. The van der Waals surface area contributed by atoms with Crippen LogP contribution >= 0.6 is 11.3 Å². The monoisotopic (exact) mass is 481 g/mol. The number of carbonyl (C=O) groups excluding carboxylic acids is 1. The second-order valence-corrected chi connectivity index (χ2v) is 9.26. The lowest BCUT2D eigenvalue weighted by atomic mass is 9.97. The summed E-state index contributed by atoms with van der Waals surface area (Å²) in [6.07, 6.45) is 1.69. The number of fused-ring (bicyclic) bond motifs is 1. The molecule has 0 radical (unpaired) electrons. The Bertz CT molecular complexity index is 1590. The molecule has 2 heterocycles. The van der Waals surface area contributed by atoms with Gasteiger partial charge in [0.2, 0.25) is 5.43 Å². The first kappa shape index (κ1) is 22.6. The Morgan fingerprint density at radius 3 is 2.54 bits per heavy atom. The Kier molecular flexibility index (Phi) is 5.93. The fraction of sp³-hybridized carbons (Fsp3) is 0.107. The molecule has 3 aromatic carbocycles. The number of aryl methyl sites for hydroxylation is 1. The van der Waals surface area contributed by atoms with Crippen LogP contribution in [0.1, 0.15) is 34.5 Å². The van der Waals surface area contributed by atoms with Crippen molar-refractivity contribution in [2.75, 3.05) is 5.32 Å². The molecule has 0 bridgehead atoms. The summed E-state index contributed by atoms with van der Waals surface area (Å²) in [6.45, 7) is 3.91. The van der Waals surface area contributed by atoms with Crippen LogP contribution in [0.2, 0.25) is 0 Å². The highest BCUT2D eigenvalue weighted by Crippen LogP contribution is 2.37. The molecule has 0 aliphatic carbocycles. The molecular weight excluding hydrogens is 458 g/mol. The quantitative estimate of drug-likeness (QED) is 0.302. The molecule has 0 saturated heterocycles. The van der Waals surface area contributed by atoms with E-state index in [2.05, 4.69) is 10.3 Å². The first-order valence-electron chi connectivity index (χ1n) is 11.1. The molecule has 35 heavy (non-hydrogen) atoms. The smallest absolute Gasteiger partial charge is 0.250 e. The number of para-hydroxylation sites is 1. The van der Waals surface area contributed by atoms with E-state index in [9.17, 15) is 9.59 Å². The predicted molar refractivity (Wildman–Crippen MR) is 141 cm³/mol. The summed E-state index contributed by atoms with van der Waals surface area (Å²) in [5.41, 5.74) is 11.7. The highest BCUT2D eigenvalue weighted by atomic mass is 32.1. The lowest BCUT2D eigenvalue weighted by Crippen LogP contribution is -2.16. The van der Waals surface area contributed by atoms with E-state index in [1.807, 2.05) is 68.4 Å². The molecule has 1 atom stereocenters. The van der Waals surface area contributed by atoms with Gasteiger partial charge in [-0.3, -0.25) is 14.6 Å². The number of amides is 1. The van der Waals surface area contributed by atoms with Gasteiger partial charge in [0.1, 0.15) is 11.3 Å². The number of nitrogens with one attached hydrogen (secondary N) is 1. The van der Waals surface area contributed by atoms with Gasteiger partial charge in [0.15, 0.2) is 0 Å². The van der Waals surface area contributed by atoms with Crippen LogP contribution in [0.25, 0.3) is 32.7 Å². The van der Waals surface area contributed by atoms with E-state index in [0.29, 0.717) is 33.5 Å². The Hall–Kier alpha value is -4.23. The number of thiazole rings is 1. The Labute approximate surface area is 206 Å². The average molecular weight is 482 g/mol. The molecule has 0 aliphatic heterocycles. The average Bonchev–Trinajstić information content (AvgIpc) is 3.39. The molecule has 3 N–H and O–H groups in total. The minimum atomic E-state index is -0.513. The lowest BCUT2D eigenvalue weighted by Gasteiger charge is -2.20.